The van der Waals surface area contributed by atoms with Crippen molar-refractivity contribution in [3.05, 3.63) is 17.2 Å². The second-order valence-corrected chi connectivity index (χ2v) is 7.74. The molecular weight excluding hydrogens is 348 g/mol. The highest BCUT2D eigenvalue weighted by molar-refractivity contribution is 7.87. The molecule has 0 unspecified atom stereocenters. The Labute approximate surface area is 113 Å². The van der Waals surface area contributed by atoms with Crippen LogP contribution < -0.4 is 0 Å². The van der Waals surface area contributed by atoms with E-state index in [2.05, 4.69) is 0 Å². The topological polar surface area (TPSA) is 163 Å². The molecule has 0 amide bonds. The van der Waals surface area contributed by atoms with Gasteiger partial charge in [0.15, 0.2) is 0 Å². The molecule has 0 aliphatic carbocycles. The molecule has 1 aromatic rings. The molecule has 108 valence electrons. The summed E-state index contributed by atoms with van der Waals surface area (Å²) in [4.78, 5) is -3.77. The average molecular weight is 353 g/mol. The molecule has 0 aromatic heterocycles. The number of rotatable bonds is 3. The van der Waals surface area contributed by atoms with E-state index in [9.17, 15) is 25.3 Å². The van der Waals surface area contributed by atoms with Gasteiger partial charge in [-0.05, 0) is 12.1 Å². The minimum Gasteiger partial charge on any atom is -0.282 e. The van der Waals surface area contributed by atoms with Crippen molar-refractivity contribution in [2.75, 3.05) is 0 Å². The summed E-state index contributed by atoms with van der Waals surface area (Å²) in [5.41, 5.74) is 0. The van der Waals surface area contributed by atoms with Gasteiger partial charge in [0.05, 0.1) is 9.92 Å². The predicted molar refractivity (Wildman–Crippen MR) is 60.9 cm³/mol. The molecule has 0 bridgehead atoms. The second kappa shape index (κ2) is 4.66. The SMILES string of the molecule is O=S(=O)(O)c1cc(S(=O)(=O)O)c(Cl)c(S(=O)(=O)O)c1. The first-order valence-corrected chi connectivity index (χ1v) is 8.70. The Kier molecular flexibility index (Phi) is 4.00. The van der Waals surface area contributed by atoms with Crippen molar-refractivity contribution in [2.24, 2.45) is 0 Å². The predicted octanol–water partition coefficient (Wildman–Crippen LogP) is 0.0801. The van der Waals surface area contributed by atoms with Crippen LogP contribution in [0.4, 0.5) is 0 Å². The second-order valence-electron chi connectivity index (χ2n) is 3.16. The third-order valence-corrected chi connectivity index (χ3v) is 5.05. The Morgan fingerprint density at radius 3 is 1.26 bits per heavy atom. The van der Waals surface area contributed by atoms with E-state index in [1.807, 2.05) is 0 Å². The third-order valence-electron chi connectivity index (χ3n) is 1.83. The molecule has 19 heavy (non-hydrogen) atoms. The van der Waals surface area contributed by atoms with E-state index in [0.717, 1.165) is 0 Å². The fourth-order valence-corrected chi connectivity index (χ4v) is 3.74. The van der Waals surface area contributed by atoms with Crippen molar-refractivity contribution < 1.29 is 38.9 Å². The zero-order chi connectivity index (χ0) is 15.2. The van der Waals surface area contributed by atoms with Crippen molar-refractivity contribution >= 4 is 42.0 Å². The smallest absolute Gasteiger partial charge is 0.282 e. The molecule has 0 saturated heterocycles. The summed E-state index contributed by atoms with van der Waals surface area (Å²) in [5, 5.41) is -1.11. The molecule has 0 fully saturated rings. The number of halogens is 1. The summed E-state index contributed by atoms with van der Waals surface area (Å²) >= 11 is 5.35. The van der Waals surface area contributed by atoms with Gasteiger partial charge in [-0.25, -0.2) is 0 Å². The van der Waals surface area contributed by atoms with Crippen LogP contribution in [0.2, 0.25) is 5.02 Å². The molecule has 0 saturated carbocycles. The van der Waals surface area contributed by atoms with Crippen LogP contribution in [-0.2, 0) is 30.4 Å². The van der Waals surface area contributed by atoms with E-state index >= 15 is 0 Å². The van der Waals surface area contributed by atoms with Crippen molar-refractivity contribution in [1.82, 2.24) is 0 Å². The fraction of sp³-hybridized carbons (Fsp3) is 0. The molecule has 0 aliphatic heterocycles. The van der Waals surface area contributed by atoms with Gasteiger partial charge in [0.1, 0.15) is 9.79 Å². The molecule has 13 heteroatoms. The Bertz CT molecular complexity index is 781. The largest absolute Gasteiger partial charge is 0.296 e. The highest BCUT2D eigenvalue weighted by Gasteiger charge is 2.27. The lowest BCUT2D eigenvalue weighted by atomic mass is 10.3. The summed E-state index contributed by atoms with van der Waals surface area (Å²) in [5.74, 6) is 0. The maximum Gasteiger partial charge on any atom is 0.296 e. The van der Waals surface area contributed by atoms with Crippen molar-refractivity contribution in [2.45, 2.75) is 14.7 Å². The van der Waals surface area contributed by atoms with Gasteiger partial charge in [-0.15, -0.1) is 0 Å². The molecule has 0 aliphatic rings. The van der Waals surface area contributed by atoms with E-state index in [1.54, 1.807) is 0 Å². The summed E-state index contributed by atoms with van der Waals surface area (Å²) in [6, 6.07) is 0.476. The van der Waals surface area contributed by atoms with Crippen LogP contribution in [0.3, 0.4) is 0 Å². The highest BCUT2D eigenvalue weighted by atomic mass is 35.5. The lowest BCUT2D eigenvalue weighted by molar-refractivity contribution is 0.478. The van der Waals surface area contributed by atoms with E-state index in [1.165, 1.54) is 0 Å². The maximum absolute atomic E-state index is 10.9. The van der Waals surface area contributed by atoms with Crippen LogP contribution in [0.25, 0.3) is 0 Å². The van der Waals surface area contributed by atoms with Crippen LogP contribution in [-0.4, -0.2) is 38.9 Å². The molecule has 1 rings (SSSR count). The van der Waals surface area contributed by atoms with E-state index in [0.29, 0.717) is 0 Å². The lowest BCUT2D eigenvalue weighted by Gasteiger charge is -2.07. The van der Waals surface area contributed by atoms with Crippen LogP contribution in [0.1, 0.15) is 0 Å². The van der Waals surface area contributed by atoms with Gasteiger partial charge < -0.3 is 0 Å². The summed E-state index contributed by atoms with van der Waals surface area (Å²) in [6.45, 7) is 0. The standard InChI is InChI=1S/C6H5ClO9S3/c7-6-4(18(11,12)13)1-3(17(8,9)10)2-5(6)19(14,15)16/h1-2H,(H,8,9,10)(H,11,12,13)(H,14,15,16). The Hall–Kier alpha value is -0.760. The first kappa shape index (κ1) is 16.3. The van der Waals surface area contributed by atoms with Crippen LogP contribution in [0.15, 0.2) is 26.8 Å². The van der Waals surface area contributed by atoms with Crippen molar-refractivity contribution in [3.8, 4) is 0 Å². The van der Waals surface area contributed by atoms with E-state index in [-0.39, 0.29) is 12.1 Å². The number of benzene rings is 1. The maximum atomic E-state index is 10.9. The van der Waals surface area contributed by atoms with Gasteiger partial charge in [-0.2, -0.15) is 25.3 Å². The number of hydrogen-bond donors (Lipinski definition) is 3. The van der Waals surface area contributed by atoms with Gasteiger partial charge in [-0.1, -0.05) is 11.6 Å². The van der Waals surface area contributed by atoms with Crippen LogP contribution in [0, 0.1) is 0 Å². The minimum atomic E-state index is -5.08. The number of hydrogen-bond acceptors (Lipinski definition) is 6. The van der Waals surface area contributed by atoms with Crippen LogP contribution in [0.5, 0.6) is 0 Å². The summed E-state index contributed by atoms with van der Waals surface area (Å²) in [6.07, 6.45) is 0. The van der Waals surface area contributed by atoms with E-state index < -0.39 is 50.1 Å². The summed E-state index contributed by atoms with van der Waals surface area (Å²) in [7, 11) is -15.2. The molecule has 0 atom stereocenters. The van der Waals surface area contributed by atoms with Crippen LogP contribution >= 0.6 is 11.6 Å². The van der Waals surface area contributed by atoms with E-state index in [4.69, 9.17) is 25.3 Å². The van der Waals surface area contributed by atoms with Gasteiger partial charge in [0.2, 0.25) is 0 Å². The lowest BCUT2D eigenvalue weighted by Crippen LogP contribution is -2.09. The Morgan fingerprint density at radius 1 is 0.737 bits per heavy atom. The molecule has 9 nitrogen and oxygen atoms in total. The average Bonchev–Trinajstić information content (AvgIpc) is 2.11. The molecule has 0 spiro atoms. The Balaban J connectivity index is 4.00. The quantitative estimate of drug-likeness (QED) is 0.639. The third kappa shape index (κ3) is 3.62. The van der Waals surface area contributed by atoms with Gasteiger partial charge in [-0.3, -0.25) is 13.7 Å². The van der Waals surface area contributed by atoms with Crippen molar-refractivity contribution in [1.29, 1.82) is 0 Å². The fourth-order valence-electron chi connectivity index (χ4n) is 1.07. The highest BCUT2D eigenvalue weighted by Crippen LogP contribution is 2.31. The first-order valence-electron chi connectivity index (χ1n) is 4.00. The molecule has 0 radical (unpaired) electrons. The first-order chi connectivity index (χ1) is 8.24. The van der Waals surface area contributed by atoms with Gasteiger partial charge in [0.25, 0.3) is 30.4 Å². The normalized spacial score (nSPS) is 13.5. The van der Waals surface area contributed by atoms with Gasteiger partial charge in [0, 0.05) is 0 Å². The Morgan fingerprint density at radius 2 is 1.05 bits per heavy atom. The zero-order valence-corrected chi connectivity index (χ0v) is 11.8. The summed E-state index contributed by atoms with van der Waals surface area (Å²) < 4.78 is 91.8. The van der Waals surface area contributed by atoms with Gasteiger partial charge >= 0.3 is 0 Å². The van der Waals surface area contributed by atoms with Crippen molar-refractivity contribution in [3.63, 3.8) is 0 Å². The zero-order valence-electron chi connectivity index (χ0n) is 8.55. The molecule has 0 heterocycles. The molecule has 3 N–H and O–H groups in total. The molecular formula is C6H5ClO9S3. The monoisotopic (exact) mass is 352 g/mol. The minimum absolute atomic E-state index is 0.238. The molecule has 1 aromatic carbocycles.